The van der Waals surface area contributed by atoms with Crippen molar-refractivity contribution in [2.45, 2.75) is 13.3 Å². The number of piperazine rings is 1. The van der Waals surface area contributed by atoms with E-state index in [2.05, 4.69) is 35.4 Å². The normalized spacial score (nSPS) is 17.4. The fraction of sp³-hybridized carbons (Fsp3) is 0.800. The Morgan fingerprint density at radius 1 is 1.15 bits per heavy atom. The molecule has 1 heterocycles. The van der Waals surface area contributed by atoms with Crippen molar-refractivity contribution in [3.63, 3.8) is 0 Å². The van der Waals surface area contributed by atoms with Crippen LogP contribution in [-0.4, -0.2) is 87.2 Å². The van der Waals surface area contributed by atoms with Crippen molar-refractivity contribution in [1.29, 1.82) is 0 Å². The van der Waals surface area contributed by atoms with Crippen LogP contribution in [-0.2, 0) is 9.53 Å². The van der Waals surface area contributed by atoms with Crippen LogP contribution in [0, 0.1) is 0 Å². The minimum atomic E-state index is -0.285. The van der Waals surface area contributed by atoms with E-state index in [-0.39, 0.29) is 5.97 Å². The number of rotatable bonds is 8. The molecule has 0 atom stereocenters. The van der Waals surface area contributed by atoms with Crippen molar-refractivity contribution in [3.05, 3.63) is 12.2 Å². The van der Waals surface area contributed by atoms with Gasteiger partial charge in [0.15, 0.2) is 0 Å². The molecule has 5 heteroatoms. The Balaban J connectivity index is 2.07. The molecule has 1 saturated heterocycles. The zero-order valence-corrected chi connectivity index (χ0v) is 13.2. The molecule has 0 aromatic heterocycles. The fourth-order valence-electron chi connectivity index (χ4n) is 2.24. The topological polar surface area (TPSA) is 36.0 Å². The van der Waals surface area contributed by atoms with Gasteiger partial charge in [-0.15, -0.1) is 0 Å². The molecule has 1 aliphatic heterocycles. The van der Waals surface area contributed by atoms with Crippen LogP contribution in [0.5, 0.6) is 0 Å². The molecule has 1 rings (SSSR count). The van der Waals surface area contributed by atoms with Gasteiger partial charge in [0.25, 0.3) is 0 Å². The Kier molecular flexibility index (Phi) is 7.80. The van der Waals surface area contributed by atoms with Crippen molar-refractivity contribution in [1.82, 2.24) is 14.7 Å². The quantitative estimate of drug-likeness (QED) is 0.483. The third-order valence-electron chi connectivity index (χ3n) is 3.53. The van der Waals surface area contributed by atoms with Crippen LogP contribution in [0.4, 0.5) is 0 Å². The van der Waals surface area contributed by atoms with E-state index in [1.807, 2.05) is 0 Å². The maximum absolute atomic E-state index is 11.3. The first-order chi connectivity index (χ1) is 9.49. The summed E-state index contributed by atoms with van der Waals surface area (Å²) in [6.07, 6.45) is 1.23. The second kappa shape index (κ2) is 9.10. The summed E-state index contributed by atoms with van der Waals surface area (Å²) in [6.45, 7) is 13.2. The Hall–Kier alpha value is -0.910. The number of carbonyl (C=O) groups excluding carboxylic acids is 1. The highest BCUT2D eigenvalue weighted by atomic mass is 16.5. The van der Waals surface area contributed by atoms with E-state index in [0.29, 0.717) is 12.2 Å². The van der Waals surface area contributed by atoms with Gasteiger partial charge in [-0.25, -0.2) is 4.79 Å². The summed E-state index contributed by atoms with van der Waals surface area (Å²) in [5.41, 5.74) is 0.468. The summed E-state index contributed by atoms with van der Waals surface area (Å²) >= 11 is 0. The first kappa shape index (κ1) is 17.1. The molecule has 0 amide bonds. The lowest BCUT2D eigenvalue weighted by Gasteiger charge is -2.34. The molecule has 0 N–H and O–H groups in total. The number of hydrogen-bond acceptors (Lipinski definition) is 5. The molecule has 0 saturated carbocycles. The van der Waals surface area contributed by atoms with Crippen LogP contribution in [0.15, 0.2) is 12.2 Å². The molecule has 0 aromatic rings. The van der Waals surface area contributed by atoms with Gasteiger partial charge < -0.3 is 14.5 Å². The maximum Gasteiger partial charge on any atom is 0.333 e. The van der Waals surface area contributed by atoms with Crippen LogP contribution in [0.25, 0.3) is 0 Å². The summed E-state index contributed by atoms with van der Waals surface area (Å²) in [7, 11) is 4.23. The van der Waals surface area contributed by atoms with E-state index in [1.54, 1.807) is 6.92 Å². The summed E-state index contributed by atoms with van der Waals surface area (Å²) in [5, 5.41) is 0. The predicted octanol–water partition coefficient (Wildman–Crippen LogP) is 0.675. The van der Waals surface area contributed by atoms with Crippen LogP contribution in [0.3, 0.4) is 0 Å². The Morgan fingerprint density at radius 2 is 1.70 bits per heavy atom. The minimum absolute atomic E-state index is 0.285. The van der Waals surface area contributed by atoms with Gasteiger partial charge in [-0.05, 0) is 40.5 Å². The first-order valence-electron chi connectivity index (χ1n) is 7.41. The number of ether oxygens (including phenoxy) is 1. The largest absolute Gasteiger partial charge is 0.461 e. The highest BCUT2D eigenvalue weighted by Crippen LogP contribution is 2.03. The molecule has 1 fully saturated rings. The average molecular weight is 283 g/mol. The molecule has 0 radical (unpaired) electrons. The second-order valence-corrected chi connectivity index (χ2v) is 5.76. The number of nitrogens with zero attached hydrogens (tertiary/aromatic N) is 3. The highest BCUT2D eigenvalue weighted by molar-refractivity contribution is 5.86. The number of esters is 1. The molecule has 20 heavy (non-hydrogen) atoms. The molecular formula is C15H29N3O2. The van der Waals surface area contributed by atoms with Crippen LogP contribution < -0.4 is 0 Å². The third-order valence-corrected chi connectivity index (χ3v) is 3.53. The molecule has 0 spiro atoms. The molecule has 5 nitrogen and oxygen atoms in total. The standard InChI is InChI=1S/C15H29N3O2/c1-14(2)15(19)20-13-12-18-10-8-17(9-11-18)7-5-6-16(3)4/h1,5-13H2,2-4H3. The number of hydrogen-bond donors (Lipinski definition) is 0. The van der Waals surface area contributed by atoms with Gasteiger partial charge >= 0.3 is 5.97 Å². The van der Waals surface area contributed by atoms with Gasteiger partial charge in [-0.3, -0.25) is 4.90 Å². The van der Waals surface area contributed by atoms with Crippen molar-refractivity contribution >= 4 is 5.97 Å². The van der Waals surface area contributed by atoms with Crippen molar-refractivity contribution in [2.24, 2.45) is 0 Å². The van der Waals surface area contributed by atoms with Gasteiger partial charge in [-0.1, -0.05) is 6.58 Å². The summed E-state index contributed by atoms with van der Waals surface area (Å²) in [5.74, 6) is -0.285. The van der Waals surface area contributed by atoms with Gasteiger partial charge in [0.1, 0.15) is 6.61 Å². The molecule has 116 valence electrons. The van der Waals surface area contributed by atoms with E-state index in [0.717, 1.165) is 39.3 Å². The molecule has 0 aliphatic carbocycles. The molecule has 1 aliphatic rings. The monoisotopic (exact) mass is 283 g/mol. The predicted molar refractivity (Wildman–Crippen MR) is 81.8 cm³/mol. The van der Waals surface area contributed by atoms with Crippen molar-refractivity contribution in [2.75, 3.05) is 66.5 Å². The summed E-state index contributed by atoms with van der Waals surface area (Å²) < 4.78 is 5.13. The Labute approximate surface area is 123 Å². The minimum Gasteiger partial charge on any atom is -0.461 e. The zero-order valence-electron chi connectivity index (χ0n) is 13.2. The zero-order chi connectivity index (χ0) is 15.0. The first-order valence-corrected chi connectivity index (χ1v) is 7.41. The summed E-state index contributed by atoms with van der Waals surface area (Å²) in [6, 6.07) is 0. The molecule has 0 bridgehead atoms. The third kappa shape index (κ3) is 7.03. The van der Waals surface area contributed by atoms with E-state index >= 15 is 0 Å². The Morgan fingerprint density at radius 3 is 2.20 bits per heavy atom. The lowest BCUT2D eigenvalue weighted by atomic mass is 10.3. The van der Waals surface area contributed by atoms with Gasteiger partial charge in [0.05, 0.1) is 0 Å². The lowest BCUT2D eigenvalue weighted by Crippen LogP contribution is -2.47. The average Bonchev–Trinajstić information content (AvgIpc) is 2.40. The van der Waals surface area contributed by atoms with Gasteiger partial charge in [0.2, 0.25) is 0 Å². The maximum atomic E-state index is 11.3. The second-order valence-electron chi connectivity index (χ2n) is 5.76. The van der Waals surface area contributed by atoms with E-state index in [1.165, 1.54) is 13.0 Å². The van der Waals surface area contributed by atoms with Crippen molar-refractivity contribution < 1.29 is 9.53 Å². The lowest BCUT2D eigenvalue weighted by molar-refractivity contribution is -0.139. The van der Waals surface area contributed by atoms with Gasteiger partial charge in [0, 0.05) is 38.3 Å². The fourth-order valence-corrected chi connectivity index (χ4v) is 2.24. The summed E-state index contributed by atoms with van der Waals surface area (Å²) in [4.78, 5) is 18.4. The molecule has 0 aromatic carbocycles. The smallest absolute Gasteiger partial charge is 0.333 e. The van der Waals surface area contributed by atoms with Crippen LogP contribution in [0.2, 0.25) is 0 Å². The molecular weight excluding hydrogens is 254 g/mol. The van der Waals surface area contributed by atoms with Crippen LogP contribution >= 0.6 is 0 Å². The van der Waals surface area contributed by atoms with Crippen LogP contribution in [0.1, 0.15) is 13.3 Å². The van der Waals surface area contributed by atoms with E-state index < -0.39 is 0 Å². The SMILES string of the molecule is C=C(C)C(=O)OCCN1CCN(CCCN(C)C)CC1. The van der Waals surface area contributed by atoms with E-state index in [9.17, 15) is 4.79 Å². The van der Waals surface area contributed by atoms with E-state index in [4.69, 9.17) is 4.74 Å². The van der Waals surface area contributed by atoms with Crippen molar-refractivity contribution in [3.8, 4) is 0 Å². The molecule has 0 unspecified atom stereocenters. The highest BCUT2D eigenvalue weighted by Gasteiger charge is 2.16. The Bertz CT molecular complexity index is 310. The number of carbonyl (C=O) groups is 1. The van der Waals surface area contributed by atoms with Gasteiger partial charge in [-0.2, -0.15) is 0 Å².